The van der Waals surface area contributed by atoms with Crippen LogP contribution in [0.3, 0.4) is 0 Å². The molecule has 8 heteroatoms. The van der Waals surface area contributed by atoms with Crippen molar-refractivity contribution in [2.75, 3.05) is 6.61 Å². The predicted molar refractivity (Wildman–Crippen MR) is 118 cm³/mol. The van der Waals surface area contributed by atoms with Crippen molar-refractivity contribution in [1.82, 2.24) is 4.98 Å². The van der Waals surface area contributed by atoms with Crippen molar-refractivity contribution < 1.29 is 21.9 Å². The van der Waals surface area contributed by atoms with Gasteiger partial charge < -0.3 is 4.74 Å². The molecular formula is C24H22ClF2NO3S. The monoisotopic (exact) mass is 477 g/mol. The topological polar surface area (TPSA) is 56.3 Å². The van der Waals surface area contributed by atoms with Gasteiger partial charge in [-0.15, -0.1) is 0 Å². The lowest BCUT2D eigenvalue weighted by Gasteiger charge is -2.40. The van der Waals surface area contributed by atoms with Gasteiger partial charge in [-0.25, -0.2) is 17.2 Å². The van der Waals surface area contributed by atoms with Gasteiger partial charge in [-0.05, 0) is 86.2 Å². The van der Waals surface area contributed by atoms with Gasteiger partial charge in [0.25, 0.3) is 0 Å². The molecule has 4 rings (SSSR count). The van der Waals surface area contributed by atoms with E-state index in [-0.39, 0.29) is 29.2 Å². The van der Waals surface area contributed by atoms with Crippen LogP contribution in [-0.4, -0.2) is 20.0 Å². The molecule has 1 aliphatic rings. The van der Waals surface area contributed by atoms with Gasteiger partial charge in [-0.1, -0.05) is 11.6 Å². The fourth-order valence-corrected chi connectivity index (χ4v) is 6.62. The Morgan fingerprint density at radius 1 is 1.06 bits per heavy atom. The van der Waals surface area contributed by atoms with Crippen molar-refractivity contribution in [2.45, 2.75) is 35.3 Å². The highest BCUT2D eigenvalue weighted by atomic mass is 35.5. The van der Waals surface area contributed by atoms with Crippen molar-refractivity contribution >= 4 is 21.4 Å². The van der Waals surface area contributed by atoms with E-state index in [1.54, 1.807) is 24.5 Å². The summed E-state index contributed by atoms with van der Waals surface area (Å²) in [6, 6.07) is 12.3. The van der Waals surface area contributed by atoms with E-state index in [2.05, 4.69) is 4.98 Å². The third-order valence-electron chi connectivity index (χ3n) is 6.09. The standard InChI is InChI=1S/C24H22ClF2NO3S/c25-18-3-6-21(7-4-18)32(29,30)24(22-14-19(26)5-8-23(22)27)11-9-17(10-12-24)16-31-20-2-1-13-28-15-20/h1-8,13-15,17H,9-12,16H2. The molecule has 0 atom stereocenters. The molecule has 4 nitrogen and oxygen atoms in total. The lowest BCUT2D eigenvalue weighted by molar-refractivity contribution is 0.188. The molecule has 1 aliphatic carbocycles. The quantitative estimate of drug-likeness (QED) is 0.440. The number of halogens is 3. The average Bonchev–Trinajstić information content (AvgIpc) is 2.80. The molecule has 0 N–H and O–H groups in total. The fraction of sp³-hybridized carbons (Fsp3) is 0.292. The van der Waals surface area contributed by atoms with Crippen LogP contribution < -0.4 is 4.74 Å². The zero-order valence-electron chi connectivity index (χ0n) is 17.2. The average molecular weight is 478 g/mol. The Morgan fingerprint density at radius 2 is 1.78 bits per heavy atom. The van der Waals surface area contributed by atoms with Crippen molar-refractivity contribution in [2.24, 2.45) is 5.92 Å². The van der Waals surface area contributed by atoms with Gasteiger partial charge >= 0.3 is 0 Å². The van der Waals surface area contributed by atoms with E-state index < -0.39 is 26.2 Å². The maximum Gasteiger partial charge on any atom is 0.188 e. The van der Waals surface area contributed by atoms with E-state index in [9.17, 15) is 17.2 Å². The Kier molecular flexibility index (Phi) is 6.49. The van der Waals surface area contributed by atoms with E-state index in [1.807, 2.05) is 0 Å². The molecule has 0 unspecified atom stereocenters. The number of sulfone groups is 1. The first-order valence-electron chi connectivity index (χ1n) is 10.3. The van der Waals surface area contributed by atoms with Gasteiger partial charge in [0.2, 0.25) is 0 Å². The summed E-state index contributed by atoms with van der Waals surface area (Å²) < 4.78 is 60.8. The van der Waals surface area contributed by atoms with Gasteiger partial charge in [0.05, 0.1) is 17.7 Å². The lowest BCUT2D eigenvalue weighted by atomic mass is 9.78. The first kappa shape index (κ1) is 22.7. The summed E-state index contributed by atoms with van der Waals surface area (Å²) in [5, 5.41) is 0.395. The number of nitrogens with zero attached hydrogens (tertiary/aromatic N) is 1. The second-order valence-corrected chi connectivity index (χ2v) is 10.7. The Hall–Kier alpha value is -2.51. The number of benzene rings is 2. The van der Waals surface area contributed by atoms with Gasteiger partial charge in [-0.3, -0.25) is 4.98 Å². The maximum absolute atomic E-state index is 14.9. The molecule has 168 valence electrons. The zero-order chi connectivity index (χ0) is 22.8. The van der Waals surface area contributed by atoms with Gasteiger partial charge in [0.15, 0.2) is 9.84 Å². The van der Waals surface area contributed by atoms with Crippen molar-refractivity contribution in [3.05, 3.63) is 89.2 Å². The van der Waals surface area contributed by atoms with Crippen LogP contribution >= 0.6 is 11.6 Å². The summed E-state index contributed by atoms with van der Waals surface area (Å²) in [4.78, 5) is 4.05. The van der Waals surface area contributed by atoms with E-state index in [4.69, 9.17) is 16.3 Å². The minimum absolute atomic E-state index is 0.0376. The SMILES string of the molecule is O=S(=O)(c1ccc(Cl)cc1)C1(c2cc(F)ccc2F)CCC(COc2cccnc2)CC1. The van der Waals surface area contributed by atoms with E-state index >= 15 is 0 Å². The van der Waals surface area contributed by atoms with Crippen LogP contribution in [0.5, 0.6) is 5.75 Å². The van der Waals surface area contributed by atoms with Gasteiger partial charge in [-0.2, -0.15) is 0 Å². The second kappa shape index (κ2) is 9.16. The fourth-order valence-electron chi connectivity index (χ4n) is 4.33. The highest BCUT2D eigenvalue weighted by Crippen LogP contribution is 2.49. The zero-order valence-corrected chi connectivity index (χ0v) is 18.8. The number of rotatable bonds is 6. The molecule has 0 amide bonds. The summed E-state index contributed by atoms with van der Waals surface area (Å²) in [7, 11) is -4.04. The van der Waals surface area contributed by atoms with E-state index in [0.29, 0.717) is 30.2 Å². The van der Waals surface area contributed by atoms with Crippen LogP contribution in [0, 0.1) is 17.6 Å². The highest BCUT2D eigenvalue weighted by molar-refractivity contribution is 7.92. The second-order valence-electron chi connectivity index (χ2n) is 8.02. The Balaban J connectivity index is 1.66. The Bertz CT molecular complexity index is 1180. The van der Waals surface area contributed by atoms with Crippen LogP contribution in [-0.2, 0) is 14.6 Å². The molecule has 0 saturated heterocycles. The number of aromatic nitrogens is 1. The Morgan fingerprint density at radius 3 is 2.44 bits per heavy atom. The summed E-state index contributed by atoms with van der Waals surface area (Å²) in [6.45, 7) is 0.397. The van der Waals surface area contributed by atoms with Gasteiger partial charge in [0, 0.05) is 16.8 Å². The molecule has 0 bridgehead atoms. The third kappa shape index (κ3) is 4.36. The smallest absolute Gasteiger partial charge is 0.188 e. The summed E-state index contributed by atoms with van der Waals surface area (Å²) in [6.07, 6.45) is 4.54. The molecule has 1 saturated carbocycles. The molecule has 2 aromatic carbocycles. The first-order valence-corrected chi connectivity index (χ1v) is 12.2. The molecule has 32 heavy (non-hydrogen) atoms. The number of pyridine rings is 1. The summed E-state index contributed by atoms with van der Waals surface area (Å²) >= 11 is 5.93. The van der Waals surface area contributed by atoms with Crippen LogP contribution in [0.25, 0.3) is 0 Å². The highest BCUT2D eigenvalue weighted by Gasteiger charge is 2.50. The van der Waals surface area contributed by atoms with Crippen molar-refractivity contribution in [1.29, 1.82) is 0 Å². The van der Waals surface area contributed by atoms with E-state index in [1.165, 1.54) is 24.3 Å². The lowest BCUT2D eigenvalue weighted by Crippen LogP contribution is -2.41. The molecule has 0 aliphatic heterocycles. The number of hydrogen-bond acceptors (Lipinski definition) is 4. The van der Waals surface area contributed by atoms with Crippen LogP contribution in [0.4, 0.5) is 8.78 Å². The normalized spacial score (nSPS) is 21.3. The van der Waals surface area contributed by atoms with E-state index in [0.717, 1.165) is 18.2 Å². The number of ether oxygens (including phenoxy) is 1. The minimum atomic E-state index is -4.04. The molecular weight excluding hydrogens is 456 g/mol. The maximum atomic E-state index is 14.9. The molecule has 1 fully saturated rings. The predicted octanol–water partition coefficient (Wildman–Crippen LogP) is 5.95. The number of hydrogen-bond donors (Lipinski definition) is 0. The molecule has 1 heterocycles. The minimum Gasteiger partial charge on any atom is -0.492 e. The molecule has 0 radical (unpaired) electrons. The first-order chi connectivity index (χ1) is 15.3. The van der Waals surface area contributed by atoms with Crippen LogP contribution in [0.1, 0.15) is 31.2 Å². The van der Waals surface area contributed by atoms with Crippen LogP contribution in [0.2, 0.25) is 5.02 Å². The molecule has 3 aromatic rings. The van der Waals surface area contributed by atoms with Crippen molar-refractivity contribution in [3.8, 4) is 5.75 Å². The molecule has 0 spiro atoms. The van der Waals surface area contributed by atoms with Gasteiger partial charge in [0.1, 0.15) is 22.1 Å². The van der Waals surface area contributed by atoms with Crippen molar-refractivity contribution in [3.63, 3.8) is 0 Å². The largest absolute Gasteiger partial charge is 0.492 e. The summed E-state index contributed by atoms with van der Waals surface area (Å²) in [5.41, 5.74) is -0.126. The summed E-state index contributed by atoms with van der Waals surface area (Å²) in [5.74, 6) is -0.683. The molecule has 1 aromatic heterocycles. The Labute approximate surface area is 191 Å². The third-order valence-corrected chi connectivity index (χ3v) is 8.89. The van der Waals surface area contributed by atoms with Crippen LogP contribution in [0.15, 0.2) is 71.9 Å².